The van der Waals surface area contributed by atoms with Gasteiger partial charge in [-0.15, -0.1) is 0 Å². The predicted molar refractivity (Wildman–Crippen MR) is 69.1 cm³/mol. The first-order valence-corrected chi connectivity index (χ1v) is 6.82. The molecule has 0 saturated carbocycles. The molecule has 0 N–H and O–H groups in total. The van der Waals surface area contributed by atoms with Crippen molar-refractivity contribution in [2.24, 2.45) is 0 Å². The second kappa shape index (κ2) is 4.22. The van der Waals surface area contributed by atoms with Crippen molar-refractivity contribution in [3.63, 3.8) is 0 Å². The van der Waals surface area contributed by atoms with Gasteiger partial charge in [-0.05, 0) is 18.2 Å². The standard InChI is InChI=1S/C12H14N2O3S/c1-9(15)14-7-6-10-4-5-11(8-12(10)14)18(16,17)13(2)3/h4-8H,1-3H3. The molecule has 0 bridgehead atoms. The number of carbonyl (C=O) groups is 1. The number of hydrogen-bond donors (Lipinski definition) is 0. The Kier molecular flexibility index (Phi) is 3.00. The second-order valence-corrected chi connectivity index (χ2v) is 6.36. The number of carbonyl (C=O) groups excluding carboxylic acids is 1. The number of hydrogen-bond acceptors (Lipinski definition) is 3. The lowest BCUT2D eigenvalue weighted by molar-refractivity contribution is 0.0941. The number of rotatable bonds is 2. The highest BCUT2D eigenvalue weighted by Gasteiger charge is 2.18. The van der Waals surface area contributed by atoms with Crippen molar-refractivity contribution in [3.8, 4) is 0 Å². The van der Waals surface area contributed by atoms with Crippen LogP contribution in [0.15, 0.2) is 35.4 Å². The summed E-state index contributed by atoms with van der Waals surface area (Å²) in [6, 6.07) is 6.54. The van der Waals surface area contributed by atoms with E-state index in [1.165, 1.54) is 31.7 Å². The summed E-state index contributed by atoms with van der Waals surface area (Å²) in [6.45, 7) is 1.44. The summed E-state index contributed by atoms with van der Waals surface area (Å²) >= 11 is 0. The van der Waals surface area contributed by atoms with E-state index in [0.717, 1.165) is 9.69 Å². The molecule has 96 valence electrons. The van der Waals surface area contributed by atoms with E-state index >= 15 is 0 Å². The van der Waals surface area contributed by atoms with Gasteiger partial charge in [0.1, 0.15) is 0 Å². The third-order valence-corrected chi connectivity index (χ3v) is 4.59. The first kappa shape index (κ1) is 12.8. The summed E-state index contributed by atoms with van der Waals surface area (Å²) in [7, 11) is -0.529. The van der Waals surface area contributed by atoms with E-state index in [0.29, 0.717) is 5.52 Å². The highest BCUT2D eigenvalue weighted by atomic mass is 32.2. The van der Waals surface area contributed by atoms with Crippen LogP contribution in [0, 0.1) is 0 Å². The Morgan fingerprint density at radius 3 is 2.44 bits per heavy atom. The summed E-state index contributed by atoms with van der Waals surface area (Å²) in [5.74, 6) is -0.149. The van der Waals surface area contributed by atoms with Crippen LogP contribution in [0.5, 0.6) is 0 Å². The molecule has 2 rings (SSSR count). The van der Waals surface area contributed by atoms with Gasteiger partial charge in [0.05, 0.1) is 10.4 Å². The Morgan fingerprint density at radius 2 is 1.89 bits per heavy atom. The number of sulfonamides is 1. The van der Waals surface area contributed by atoms with E-state index < -0.39 is 10.0 Å². The number of benzene rings is 1. The lowest BCUT2D eigenvalue weighted by atomic mass is 10.2. The maximum absolute atomic E-state index is 12.0. The number of fused-ring (bicyclic) bond motifs is 1. The van der Waals surface area contributed by atoms with Gasteiger partial charge in [-0.25, -0.2) is 12.7 Å². The van der Waals surface area contributed by atoms with E-state index in [-0.39, 0.29) is 10.8 Å². The van der Waals surface area contributed by atoms with Crippen LogP contribution in [0.4, 0.5) is 0 Å². The molecule has 0 aliphatic rings. The quantitative estimate of drug-likeness (QED) is 0.828. The Balaban J connectivity index is 2.70. The second-order valence-electron chi connectivity index (χ2n) is 4.21. The fourth-order valence-electron chi connectivity index (χ4n) is 1.75. The first-order valence-electron chi connectivity index (χ1n) is 5.38. The molecule has 18 heavy (non-hydrogen) atoms. The zero-order valence-electron chi connectivity index (χ0n) is 10.4. The first-order chi connectivity index (χ1) is 8.34. The van der Waals surface area contributed by atoms with Crippen LogP contribution in [0.1, 0.15) is 11.7 Å². The molecule has 5 nitrogen and oxygen atoms in total. The fraction of sp³-hybridized carbons (Fsp3) is 0.250. The van der Waals surface area contributed by atoms with Crippen molar-refractivity contribution in [1.82, 2.24) is 8.87 Å². The fourth-order valence-corrected chi connectivity index (χ4v) is 2.68. The Hall–Kier alpha value is -1.66. The van der Waals surface area contributed by atoms with Crippen molar-refractivity contribution in [2.75, 3.05) is 14.1 Å². The largest absolute Gasteiger partial charge is 0.287 e. The van der Waals surface area contributed by atoms with Crippen LogP contribution in [-0.2, 0) is 10.0 Å². The zero-order valence-corrected chi connectivity index (χ0v) is 11.2. The average molecular weight is 266 g/mol. The molecule has 0 aliphatic heterocycles. The molecule has 2 aromatic rings. The molecule has 1 aromatic carbocycles. The Bertz CT molecular complexity index is 714. The van der Waals surface area contributed by atoms with Gasteiger partial charge in [0.2, 0.25) is 15.9 Å². The maximum atomic E-state index is 12.0. The van der Waals surface area contributed by atoms with E-state index in [2.05, 4.69) is 0 Å². The van der Waals surface area contributed by atoms with E-state index in [4.69, 9.17) is 0 Å². The predicted octanol–water partition coefficient (Wildman–Crippen LogP) is 1.55. The molecule has 0 amide bonds. The molecule has 0 saturated heterocycles. The van der Waals surface area contributed by atoms with Gasteiger partial charge >= 0.3 is 0 Å². The Labute approximate surface area is 106 Å². The smallest absolute Gasteiger partial charge is 0.242 e. The average Bonchev–Trinajstić information content (AvgIpc) is 2.71. The lowest BCUT2D eigenvalue weighted by Gasteiger charge is -2.11. The topological polar surface area (TPSA) is 59.4 Å². The summed E-state index contributed by atoms with van der Waals surface area (Å²) in [4.78, 5) is 11.6. The van der Waals surface area contributed by atoms with Crippen molar-refractivity contribution < 1.29 is 13.2 Å². The SMILES string of the molecule is CC(=O)n1ccc2ccc(S(=O)(=O)N(C)C)cc21. The molecule has 0 radical (unpaired) electrons. The lowest BCUT2D eigenvalue weighted by Crippen LogP contribution is -2.22. The van der Waals surface area contributed by atoms with E-state index in [9.17, 15) is 13.2 Å². The summed E-state index contributed by atoms with van der Waals surface area (Å²) < 4.78 is 26.6. The van der Waals surface area contributed by atoms with Gasteiger partial charge in [-0.2, -0.15) is 0 Å². The molecule has 1 aromatic heterocycles. The Morgan fingerprint density at radius 1 is 1.22 bits per heavy atom. The molecular formula is C12H14N2O3S. The summed E-state index contributed by atoms with van der Waals surface area (Å²) in [6.07, 6.45) is 1.64. The van der Waals surface area contributed by atoms with Gasteiger partial charge in [-0.3, -0.25) is 9.36 Å². The van der Waals surface area contributed by atoms with Crippen LogP contribution < -0.4 is 0 Å². The normalized spacial score (nSPS) is 12.2. The molecule has 0 aliphatic carbocycles. The monoisotopic (exact) mass is 266 g/mol. The van der Waals surface area contributed by atoms with Crippen molar-refractivity contribution in [2.45, 2.75) is 11.8 Å². The van der Waals surface area contributed by atoms with Crippen LogP contribution in [0.25, 0.3) is 10.9 Å². The zero-order chi connectivity index (χ0) is 13.5. The molecule has 1 heterocycles. The minimum absolute atomic E-state index is 0.149. The minimum Gasteiger partial charge on any atom is -0.287 e. The molecular weight excluding hydrogens is 252 g/mol. The summed E-state index contributed by atoms with van der Waals surface area (Å²) in [5, 5.41) is 0.836. The highest BCUT2D eigenvalue weighted by Crippen LogP contribution is 2.21. The summed E-state index contributed by atoms with van der Waals surface area (Å²) in [5.41, 5.74) is 0.602. The highest BCUT2D eigenvalue weighted by molar-refractivity contribution is 7.89. The minimum atomic E-state index is -3.48. The van der Waals surface area contributed by atoms with Crippen LogP contribution >= 0.6 is 0 Å². The van der Waals surface area contributed by atoms with E-state index in [1.54, 1.807) is 24.4 Å². The molecule has 0 unspecified atom stereocenters. The van der Waals surface area contributed by atoms with Crippen LogP contribution in [0.2, 0.25) is 0 Å². The molecule has 0 spiro atoms. The third kappa shape index (κ3) is 1.93. The number of aromatic nitrogens is 1. The van der Waals surface area contributed by atoms with Gasteiger partial charge in [0, 0.05) is 32.6 Å². The van der Waals surface area contributed by atoms with Crippen molar-refractivity contribution >= 4 is 26.8 Å². The molecule has 6 heteroatoms. The maximum Gasteiger partial charge on any atom is 0.242 e. The van der Waals surface area contributed by atoms with Gasteiger partial charge in [0.25, 0.3) is 0 Å². The third-order valence-electron chi connectivity index (χ3n) is 2.78. The van der Waals surface area contributed by atoms with E-state index in [1.807, 2.05) is 0 Å². The van der Waals surface area contributed by atoms with Crippen LogP contribution in [-0.4, -0.2) is 37.3 Å². The van der Waals surface area contributed by atoms with Crippen molar-refractivity contribution in [1.29, 1.82) is 0 Å². The van der Waals surface area contributed by atoms with Crippen LogP contribution in [0.3, 0.4) is 0 Å². The number of nitrogens with zero attached hydrogens (tertiary/aromatic N) is 2. The molecule has 0 atom stereocenters. The van der Waals surface area contributed by atoms with Crippen molar-refractivity contribution in [3.05, 3.63) is 30.5 Å². The van der Waals surface area contributed by atoms with Gasteiger partial charge in [-0.1, -0.05) is 6.07 Å². The molecule has 0 fully saturated rings. The van der Waals surface area contributed by atoms with Gasteiger partial charge in [0.15, 0.2) is 0 Å². The van der Waals surface area contributed by atoms with Gasteiger partial charge < -0.3 is 0 Å².